The largest absolute Gasteiger partial charge is 0.465 e. The second kappa shape index (κ2) is 4.97. The summed E-state index contributed by atoms with van der Waals surface area (Å²) in [5, 5.41) is 0.711. The zero-order chi connectivity index (χ0) is 10.6. The van der Waals surface area contributed by atoms with E-state index in [1.807, 2.05) is 6.07 Å². The molecule has 0 aliphatic heterocycles. The molecule has 5 heteroatoms. The number of benzene rings is 1. The first-order valence-corrected chi connectivity index (χ1v) is 5.09. The number of methoxy groups -OCH3 is 1. The lowest BCUT2D eigenvalue weighted by molar-refractivity contribution is 0.0602. The topological polar surface area (TPSA) is 64.3 Å². The van der Waals surface area contributed by atoms with Crippen LogP contribution < -0.4 is 11.3 Å². The summed E-state index contributed by atoms with van der Waals surface area (Å²) in [6.07, 6.45) is 0. The molecule has 1 aromatic rings. The molecule has 4 nitrogen and oxygen atoms in total. The second-order valence-corrected chi connectivity index (χ2v) is 3.21. The lowest BCUT2D eigenvalue weighted by Crippen LogP contribution is -2.13. The van der Waals surface area contributed by atoms with Crippen molar-refractivity contribution in [2.75, 3.05) is 12.5 Å². The van der Waals surface area contributed by atoms with Gasteiger partial charge in [-0.2, -0.15) is 0 Å². The van der Waals surface area contributed by atoms with E-state index in [1.54, 1.807) is 12.1 Å². The molecule has 0 aliphatic carbocycles. The van der Waals surface area contributed by atoms with E-state index in [4.69, 9.17) is 5.84 Å². The number of ether oxygens (including phenoxy) is 1. The minimum absolute atomic E-state index is 0.404. The monoisotopic (exact) mass is 258 g/mol. The molecule has 0 atom stereocenters. The van der Waals surface area contributed by atoms with Gasteiger partial charge in [0.2, 0.25) is 0 Å². The molecule has 0 heterocycles. The Morgan fingerprint density at radius 3 is 2.86 bits per heavy atom. The van der Waals surface area contributed by atoms with E-state index in [0.29, 0.717) is 16.6 Å². The highest BCUT2D eigenvalue weighted by atomic mass is 79.9. The standard InChI is InChI=1S/C9H11BrN2O2/c1-14-9(13)7-3-2-6(5-10)4-8(7)12-11/h2-4,12H,5,11H2,1H3. The predicted molar refractivity (Wildman–Crippen MR) is 58.2 cm³/mol. The zero-order valence-corrected chi connectivity index (χ0v) is 9.30. The van der Waals surface area contributed by atoms with Crippen molar-refractivity contribution < 1.29 is 9.53 Å². The van der Waals surface area contributed by atoms with Gasteiger partial charge in [-0.3, -0.25) is 5.84 Å². The minimum Gasteiger partial charge on any atom is -0.465 e. The van der Waals surface area contributed by atoms with Crippen LogP contribution in [0.4, 0.5) is 5.69 Å². The molecule has 0 aliphatic rings. The summed E-state index contributed by atoms with van der Waals surface area (Å²) in [5.41, 5.74) is 4.49. The van der Waals surface area contributed by atoms with Crippen molar-refractivity contribution in [1.82, 2.24) is 0 Å². The number of hydrogen-bond donors (Lipinski definition) is 2. The Labute approximate surface area is 90.5 Å². The Morgan fingerprint density at radius 1 is 1.64 bits per heavy atom. The Balaban J connectivity index is 3.11. The third-order valence-electron chi connectivity index (χ3n) is 1.80. The van der Waals surface area contributed by atoms with Gasteiger partial charge in [0, 0.05) is 5.33 Å². The molecule has 0 saturated heterocycles. The molecule has 0 amide bonds. The highest BCUT2D eigenvalue weighted by Crippen LogP contribution is 2.19. The lowest BCUT2D eigenvalue weighted by atomic mass is 10.1. The number of nitrogens with two attached hydrogens (primary N) is 1. The maximum absolute atomic E-state index is 11.3. The van der Waals surface area contributed by atoms with Crippen LogP contribution >= 0.6 is 15.9 Å². The molecule has 3 N–H and O–H groups in total. The van der Waals surface area contributed by atoms with Crippen molar-refractivity contribution >= 4 is 27.6 Å². The Morgan fingerprint density at radius 2 is 2.36 bits per heavy atom. The highest BCUT2D eigenvalue weighted by Gasteiger charge is 2.10. The number of alkyl halides is 1. The molecule has 0 fully saturated rings. The van der Waals surface area contributed by atoms with Crippen LogP contribution in [0.1, 0.15) is 15.9 Å². The average molecular weight is 259 g/mol. The normalized spacial score (nSPS) is 9.64. The van der Waals surface area contributed by atoms with Crippen molar-refractivity contribution in [1.29, 1.82) is 0 Å². The number of carbonyl (C=O) groups excluding carboxylic acids is 1. The SMILES string of the molecule is COC(=O)c1ccc(CBr)cc1NN. The summed E-state index contributed by atoms with van der Waals surface area (Å²) in [7, 11) is 1.33. The summed E-state index contributed by atoms with van der Waals surface area (Å²) < 4.78 is 4.61. The fraction of sp³-hybridized carbons (Fsp3) is 0.222. The van der Waals surface area contributed by atoms with E-state index < -0.39 is 5.97 Å². The summed E-state index contributed by atoms with van der Waals surface area (Å²) in [5.74, 6) is 4.89. The van der Waals surface area contributed by atoms with Crippen molar-refractivity contribution in [3.05, 3.63) is 29.3 Å². The first-order valence-electron chi connectivity index (χ1n) is 3.96. The van der Waals surface area contributed by atoms with Crippen LogP contribution in [0.3, 0.4) is 0 Å². The van der Waals surface area contributed by atoms with Gasteiger partial charge in [-0.15, -0.1) is 0 Å². The van der Waals surface area contributed by atoms with Gasteiger partial charge < -0.3 is 10.2 Å². The van der Waals surface area contributed by atoms with Gasteiger partial charge in [-0.05, 0) is 17.7 Å². The Kier molecular flexibility index (Phi) is 3.91. The summed E-state index contributed by atoms with van der Waals surface area (Å²) in [6.45, 7) is 0. The van der Waals surface area contributed by atoms with Crippen molar-refractivity contribution in [3.63, 3.8) is 0 Å². The Hall–Kier alpha value is -1.07. The molecule has 76 valence electrons. The molecule has 0 aromatic heterocycles. The zero-order valence-electron chi connectivity index (χ0n) is 7.71. The number of rotatable bonds is 3. The molecule has 1 aromatic carbocycles. The fourth-order valence-corrected chi connectivity index (χ4v) is 1.43. The smallest absolute Gasteiger partial charge is 0.340 e. The van der Waals surface area contributed by atoms with E-state index in [-0.39, 0.29) is 0 Å². The van der Waals surface area contributed by atoms with Gasteiger partial charge in [-0.25, -0.2) is 4.79 Å². The molecule has 0 radical (unpaired) electrons. The van der Waals surface area contributed by atoms with Gasteiger partial charge in [0.15, 0.2) is 0 Å². The minimum atomic E-state index is -0.404. The van der Waals surface area contributed by atoms with Crippen molar-refractivity contribution in [3.8, 4) is 0 Å². The van der Waals surface area contributed by atoms with Crippen molar-refractivity contribution in [2.24, 2.45) is 5.84 Å². The summed E-state index contributed by atoms with van der Waals surface area (Å²) >= 11 is 3.31. The molecule has 14 heavy (non-hydrogen) atoms. The fourth-order valence-electron chi connectivity index (χ4n) is 1.08. The molecule has 0 bridgehead atoms. The van der Waals surface area contributed by atoms with Crippen LogP contribution in [0.25, 0.3) is 0 Å². The average Bonchev–Trinajstić information content (AvgIpc) is 2.27. The molecule has 0 spiro atoms. The number of halogens is 1. The number of hydrogen-bond acceptors (Lipinski definition) is 4. The van der Waals surface area contributed by atoms with Crippen LogP contribution in [0.15, 0.2) is 18.2 Å². The molecule has 1 rings (SSSR count). The third kappa shape index (κ3) is 2.24. The number of anilines is 1. The number of nitrogen functional groups attached to an aromatic ring is 1. The Bertz CT molecular complexity index is 342. The molecule has 0 unspecified atom stereocenters. The number of carbonyl (C=O) groups is 1. The number of hydrazine groups is 1. The van der Waals surface area contributed by atoms with Gasteiger partial charge in [0.1, 0.15) is 0 Å². The van der Waals surface area contributed by atoms with E-state index in [2.05, 4.69) is 26.1 Å². The maximum atomic E-state index is 11.3. The first kappa shape index (κ1) is 11.0. The third-order valence-corrected chi connectivity index (χ3v) is 2.45. The predicted octanol–water partition coefficient (Wildman–Crippen LogP) is 1.65. The van der Waals surface area contributed by atoms with Gasteiger partial charge in [0.05, 0.1) is 18.4 Å². The van der Waals surface area contributed by atoms with Gasteiger partial charge >= 0.3 is 5.97 Å². The van der Waals surface area contributed by atoms with Crippen LogP contribution in [0, 0.1) is 0 Å². The maximum Gasteiger partial charge on any atom is 0.340 e. The van der Waals surface area contributed by atoms with E-state index in [9.17, 15) is 4.79 Å². The number of nitrogens with one attached hydrogen (secondary N) is 1. The van der Waals surface area contributed by atoms with Crippen molar-refractivity contribution in [2.45, 2.75) is 5.33 Å². The van der Waals surface area contributed by atoms with E-state index in [1.165, 1.54) is 7.11 Å². The highest BCUT2D eigenvalue weighted by molar-refractivity contribution is 9.08. The molecule has 0 saturated carbocycles. The molecular weight excluding hydrogens is 248 g/mol. The van der Waals surface area contributed by atoms with E-state index in [0.717, 1.165) is 5.56 Å². The van der Waals surface area contributed by atoms with Crippen LogP contribution in [0.2, 0.25) is 0 Å². The lowest BCUT2D eigenvalue weighted by Gasteiger charge is -2.08. The van der Waals surface area contributed by atoms with Gasteiger partial charge in [0.25, 0.3) is 0 Å². The second-order valence-electron chi connectivity index (χ2n) is 2.65. The summed E-state index contributed by atoms with van der Waals surface area (Å²) in [4.78, 5) is 11.3. The quantitative estimate of drug-likeness (QED) is 0.375. The van der Waals surface area contributed by atoms with E-state index >= 15 is 0 Å². The van der Waals surface area contributed by atoms with Crippen LogP contribution in [0.5, 0.6) is 0 Å². The van der Waals surface area contributed by atoms with Crippen LogP contribution in [-0.4, -0.2) is 13.1 Å². The summed E-state index contributed by atoms with van der Waals surface area (Å²) in [6, 6.07) is 5.31. The first-order chi connectivity index (χ1) is 6.72. The van der Waals surface area contributed by atoms with Gasteiger partial charge in [-0.1, -0.05) is 22.0 Å². The van der Waals surface area contributed by atoms with Crippen LogP contribution in [-0.2, 0) is 10.1 Å². The molecular formula is C9H11BrN2O2. The number of esters is 1.